The summed E-state index contributed by atoms with van der Waals surface area (Å²) < 4.78 is 32.6. The maximum atomic E-state index is 13.0. The zero-order valence-corrected chi connectivity index (χ0v) is 19.3. The predicted octanol–water partition coefficient (Wildman–Crippen LogP) is 3.10. The normalized spacial score (nSPS) is 14.9. The number of piperazine rings is 1. The summed E-state index contributed by atoms with van der Waals surface area (Å²) >= 11 is 6.12. The molecule has 2 aromatic heterocycles. The van der Waals surface area contributed by atoms with Crippen molar-refractivity contribution in [2.75, 3.05) is 43.5 Å². The Kier molecular flexibility index (Phi) is 6.45. The molecule has 0 amide bonds. The van der Waals surface area contributed by atoms with E-state index < -0.39 is 10.0 Å². The number of halogens is 1. The summed E-state index contributed by atoms with van der Waals surface area (Å²) in [5.41, 5.74) is 1.09. The van der Waals surface area contributed by atoms with Crippen LogP contribution in [-0.2, 0) is 10.0 Å². The molecule has 1 fully saturated rings. The van der Waals surface area contributed by atoms with Crippen molar-refractivity contribution in [3.63, 3.8) is 0 Å². The Morgan fingerprint density at radius 1 is 1.00 bits per heavy atom. The van der Waals surface area contributed by atoms with Crippen LogP contribution in [0.15, 0.2) is 53.8 Å². The van der Waals surface area contributed by atoms with E-state index in [1.54, 1.807) is 12.3 Å². The molecule has 3 heterocycles. The summed E-state index contributed by atoms with van der Waals surface area (Å²) in [5, 5.41) is 3.44. The SMILES string of the molecule is COc1ccc(S(=O)(=O)N2CCN(c3cc(Nc4cc(C)ccn4)ncn3)CC2)cc1Cl. The van der Waals surface area contributed by atoms with Crippen LogP contribution < -0.4 is 15.0 Å². The van der Waals surface area contributed by atoms with Crippen molar-refractivity contribution in [1.29, 1.82) is 0 Å². The highest BCUT2D eigenvalue weighted by molar-refractivity contribution is 7.89. The first-order valence-electron chi connectivity index (χ1n) is 9.97. The van der Waals surface area contributed by atoms with E-state index in [2.05, 4.69) is 20.3 Å². The molecule has 1 aromatic carbocycles. The minimum absolute atomic E-state index is 0.149. The lowest BCUT2D eigenvalue weighted by atomic mass is 10.3. The Morgan fingerprint density at radius 2 is 1.75 bits per heavy atom. The lowest BCUT2D eigenvalue weighted by Gasteiger charge is -2.34. The quantitative estimate of drug-likeness (QED) is 0.581. The van der Waals surface area contributed by atoms with E-state index in [-0.39, 0.29) is 9.92 Å². The van der Waals surface area contributed by atoms with E-state index in [0.717, 1.165) is 11.4 Å². The minimum Gasteiger partial charge on any atom is -0.495 e. The zero-order chi connectivity index (χ0) is 22.7. The standard InChI is InChI=1S/C21H23ClN6O3S/c1-15-5-6-23-19(11-15)26-20-13-21(25-14-24-20)27-7-9-28(10-8-27)32(29,30)16-3-4-18(31-2)17(22)12-16/h3-6,11-14H,7-10H2,1-2H3,(H,23,24,25,26). The molecule has 11 heteroatoms. The third-order valence-electron chi connectivity index (χ3n) is 5.15. The molecule has 0 aliphatic carbocycles. The Labute approximate surface area is 192 Å². The molecule has 4 rings (SSSR count). The fraction of sp³-hybridized carbons (Fsp3) is 0.286. The van der Waals surface area contributed by atoms with Gasteiger partial charge in [-0.05, 0) is 42.8 Å². The fourth-order valence-corrected chi connectivity index (χ4v) is 5.21. The summed E-state index contributed by atoms with van der Waals surface area (Å²) in [4.78, 5) is 15.1. The number of aryl methyl sites for hydroxylation is 1. The van der Waals surface area contributed by atoms with Gasteiger partial charge in [-0.15, -0.1) is 0 Å². The highest BCUT2D eigenvalue weighted by Crippen LogP contribution is 2.29. The summed E-state index contributed by atoms with van der Waals surface area (Å²) in [7, 11) is -2.17. The molecule has 1 aliphatic heterocycles. The van der Waals surface area contributed by atoms with Crippen molar-refractivity contribution >= 4 is 39.1 Å². The summed E-state index contributed by atoms with van der Waals surface area (Å²) in [6.07, 6.45) is 3.21. The van der Waals surface area contributed by atoms with Gasteiger partial charge in [-0.1, -0.05) is 11.6 Å². The van der Waals surface area contributed by atoms with Gasteiger partial charge in [-0.2, -0.15) is 4.31 Å². The molecule has 0 atom stereocenters. The molecule has 0 saturated carbocycles. The smallest absolute Gasteiger partial charge is 0.243 e. The van der Waals surface area contributed by atoms with Crippen molar-refractivity contribution in [1.82, 2.24) is 19.3 Å². The first-order valence-corrected chi connectivity index (χ1v) is 11.8. The lowest BCUT2D eigenvalue weighted by molar-refractivity contribution is 0.383. The van der Waals surface area contributed by atoms with E-state index in [0.29, 0.717) is 43.6 Å². The zero-order valence-electron chi connectivity index (χ0n) is 17.7. The van der Waals surface area contributed by atoms with E-state index in [1.165, 1.54) is 29.9 Å². The van der Waals surface area contributed by atoms with Crippen LogP contribution in [-0.4, -0.2) is 61.0 Å². The number of hydrogen-bond donors (Lipinski definition) is 1. The summed E-state index contributed by atoms with van der Waals surface area (Å²) in [6, 6.07) is 10.2. The topological polar surface area (TPSA) is 101 Å². The lowest BCUT2D eigenvalue weighted by Crippen LogP contribution is -2.48. The molecule has 0 bridgehead atoms. The van der Waals surface area contributed by atoms with Gasteiger partial charge in [0, 0.05) is 38.4 Å². The van der Waals surface area contributed by atoms with Gasteiger partial charge in [0.25, 0.3) is 0 Å². The van der Waals surface area contributed by atoms with Crippen molar-refractivity contribution < 1.29 is 13.2 Å². The summed E-state index contributed by atoms with van der Waals surface area (Å²) in [6.45, 7) is 3.66. The second-order valence-electron chi connectivity index (χ2n) is 7.29. The maximum Gasteiger partial charge on any atom is 0.243 e. The largest absolute Gasteiger partial charge is 0.495 e. The Bertz CT molecular complexity index is 1220. The molecule has 1 aliphatic rings. The van der Waals surface area contributed by atoms with Crippen LogP contribution in [0, 0.1) is 6.92 Å². The minimum atomic E-state index is -3.65. The van der Waals surface area contributed by atoms with Crippen LogP contribution in [0.25, 0.3) is 0 Å². The van der Waals surface area contributed by atoms with E-state index in [9.17, 15) is 8.42 Å². The van der Waals surface area contributed by atoms with Crippen LogP contribution in [0.5, 0.6) is 5.75 Å². The average molecular weight is 475 g/mol. The molecule has 0 unspecified atom stereocenters. The number of nitrogens with one attached hydrogen (secondary N) is 1. The van der Waals surface area contributed by atoms with E-state index in [1.807, 2.05) is 30.0 Å². The van der Waals surface area contributed by atoms with Gasteiger partial charge in [-0.3, -0.25) is 0 Å². The predicted molar refractivity (Wildman–Crippen MR) is 123 cm³/mol. The van der Waals surface area contributed by atoms with Crippen molar-refractivity contribution in [2.45, 2.75) is 11.8 Å². The monoisotopic (exact) mass is 474 g/mol. The van der Waals surface area contributed by atoms with E-state index >= 15 is 0 Å². The Hall–Kier alpha value is -2.95. The Balaban J connectivity index is 1.44. The number of ether oxygens (including phenoxy) is 1. The molecule has 168 valence electrons. The highest BCUT2D eigenvalue weighted by atomic mass is 35.5. The molecular formula is C21H23ClN6O3S. The number of pyridine rings is 1. The average Bonchev–Trinajstić information content (AvgIpc) is 2.79. The van der Waals surface area contributed by atoms with Gasteiger partial charge in [0.15, 0.2) is 0 Å². The molecule has 32 heavy (non-hydrogen) atoms. The van der Waals surface area contributed by atoms with Gasteiger partial charge in [0.1, 0.15) is 29.5 Å². The number of nitrogens with zero attached hydrogens (tertiary/aromatic N) is 5. The highest BCUT2D eigenvalue weighted by Gasteiger charge is 2.29. The number of sulfonamides is 1. The van der Waals surface area contributed by atoms with Crippen LogP contribution in [0.2, 0.25) is 5.02 Å². The number of methoxy groups -OCH3 is 1. The fourth-order valence-electron chi connectivity index (χ4n) is 3.44. The third-order valence-corrected chi connectivity index (χ3v) is 7.34. The van der Waals surface area contributed by atoms with E-state index in [4.69, 9.17) is 16.3 Å². The molecule has 1 N–H and O–H groups in total. The van der Waals surface area contributed by atoms with Crippen LogP contribution in [0.3, 0.4) is 0 Å². The van der Waals surface area contributed by atoms with Gasteiger partial charge < -0.3 is 15.0 Å². The molecule has 0 radical (unpaired) electrons. The number of hydrogen-bond acceptors (Lipinski definition) is 8. The number of rotatable bonds is 6. The molecule has 3 aromatic rings. The second-order valence-corrected chi connectivity index (χ2v) is 9.64. The second kappa shape index (κ2) is 9.27. The Morgan fingerprint density at radius 3 is 2.44 bits per heavy atom. The molecule has 9 nitrogen and oxygen atoms in total. The van der Waals surface area contributed by atoms with Crippen molar-refractivity contribution in [2.24, 2.45) is 0 Å². The summed E-state index contributed by atoms with van der Waals surface area (Å²) in [5.74, 6) is 2.48. The molecular weight excluding hydrogens is 452 g/mol. The van der Waals surface area contributed by atoms with Gasteiger partial charge in [-0.25, -0.2) is 23.4 Å². The van der Waals surface area contributed by atoms with Crippen LogP contribution in [0.1, 0.15) is 5.56 Å². The van der Waals surface area contributed by atoms with Crippen molar-refractivity contribution in [3.8, 4) is 5.75 Å². The first kappa shape index (κ1) is 22.3. The third kappa shape index (κ3) is 4.77. The van der Waals surface area contributed by atoms with Crippen LogP contribution in [0.4, 0.5) is 17.5 Å². The van der Waals surface area contributed by atoms with Gasteiger partial charge in [0.05, 0.1) is 17.0 Å². The van der Waals surface area contributed by atoms with Gasteiger partial charge >= 0.3 is 0 Å². The maximum absolute atomic E-state index is 13.0. The first-order chi connectivity index (χ1) is 15.4. The van der Waals surface area contributed by atoms with Gasteiger partial charge in [0.2, 0.25) is 10.0 Å². The molecule has 0 spiro atoms. The number of aromatic nitrogens is 3. The number of anilines is 3. The van der Waals surface area contributed by atoms with Crippen molar-refractivity contribution in [3.05, 3.63) is 59.5 Å². The van der Waals surface area contributed by atoms with Crippen LogP contribution >= 0.6 is 11.6 Å². The molecule has 1 saturated heterocycles. The number of benzene rings is 1.